The predicted molar refractivity (Wildman–Crippen MR) is 84.2 cm³/mol. The molecule has 22 heavy (non-hydrogen) atoms. The summed E-state index contributed by atoms with van der Waals surface area (Å²) in [5.41, 5.74) is 6.09. The molecule has 4 N–H and O–H groups in total. The Balaban J connectivity index is 2.08. The molecule has 0 aliphatic heterocycles. The van der Waals surface area contributed by atoms with Crippen LogP contribution in [0.2, 0.25) is 0 Å². The number of carbonyl (C=O) groups excluding carboxylic acids is 2. The molecule has 0 radical (unpaired) electrons. The molecular weight excluding hydrogens is 305 g/mol. The molecule has 0 spiro atoms. The van der Waals surface area contributed by atoms with Gasteiger partial charge >= 0.3 is 6.03 Å². The lowest BCUT2D eigenvalue weighted by atomic mass is 10.1. The average molecular weight is 321 g/mol. The van der Waals surface area contributed by atoms with Crippen molar-refractivity contribution in [1.29, 1.82) is 0 Å². The van der Waals surface area contributed by atoms with Crippen LogP contribution in [0.25, 0.3) is 0 Å². The lowest BCUT2D eigenvalue weighted by molar-refractivity contribution is -0.116. The van der Waals surface area contributed by atoms with Gasteiger partial charge in [0.25, 0.3) is 0 Å². The van der Waals surface area contributed by atoms with Crippen LogP contribution in [0.4, 0.5) is 14.9 Å². The van der Waals surface area contributed by atoms with Gasteiger partial charge in [-0.1, -0.05) is 12.1 Å². The van der Waals surface area contributed by atoms with E-state index in [4.69, 9.17) is 5.73 Å². The van der Waals surface area contributed by atoms with Crippen LogP contribution in [0, 0.1) is 12.7 Å². The third kappa shape index (κ3) is 4.29. The minimum Gasteiger partial charge on any atom is -0.352 e. The predicted octanol–water partition coefficient (Wildman–Crippen LogP) is 2.93. The summed E-state index contributed by atoms with van der Waals surface area (Å²) < 4.78 is 13.6. The second-order valence-corrected chi connectivity index (χ2v) is 5.79. The molecule has 2 rings (SSSR count). The molecule has 1 atom stereocenters. The first-order valence-electron chi connectivity index (χ1n) is 6.61. The maximum absolute atomic E-state index is 13.6. The first kappa shape index (κ1) is 16.0. The van der Waals surface area contributed by atoms with E-state index in [1.54, 1.807) is 25.1 Å². The number of halogens is 1. The smallest absolute Gasteiger partial charge is 0.312 e. The Bertz CT molecular complexity index is 673. The lowest BCUT2D eigenvalue weighted by Gasteiger charge is -2.16. The summed E-state index contributed by atoms with van der Waals surface area (Å²) in [7, 11) is 0. The Morgan fingerprint density at radius 1 is 1.36 bits per heavy atom. The Morgan fingerprint density at radius 3 is 2.77 bits per heavy atom. The number of thiophene rings is 1. The van der Waals surface area contributed by atoms with E-state index in [0.717, 1.165) is 10.4 Å². The highest BCUT2D eigenvalue weighted by Crippen LogP contribution is 2.23. The number of nitrogens with two attached hydrogens (primary N) is 1. The van der Waals surface area contributed by atoms with Crippen LogP contribution >= 0.6 is 11.3 Å². The molecule has 0 saturated heterocycles. The number of urea groups is 1. The van der Waals surface area contributed by atoms with Crippen molar-refractivity contribution in [2.45, 2.75) is 19.4 Å². The maximum atomic E-state index is 13.6. The van der Waals surface area contributed by atoms with Crippen LogP contribution in [0.5, 0.6) is 0 Å². The number of carbonyl (C=O) groups is 2. The van der Waals surface area contributed by atoms with Gasteiger partial charge in [-0.05, 0) is 36.1 Å². The Hall–Kier alpha value is -2.41. The van der Waals surface area contributed by atoms with Crippen LogP contribution in [0.1, 0.15) is 22.9 Å². The number of hydrogen-bond acceptors (Lipinski definition) is 3. The second-order valence-electron chi connectivity index (χ2n) is 4.81. The van der Waals surface area contributed by atoms with Crippen molar-refractivity contribution in [3.05, 3.63) is 52.0 Å². The summed E-state index contributed by atoms with van der Waals surface area (Å²) in [5, 5.41) is 6.87. The highest BCUT2D eigenvalue weighted by molar-refractivity contribution is 7.10. The molecule has 1 heterocycles. The zero-order chi connectivity index (χ0) is 16.1. The van der Waals surface area contributed by atoms with Gasteiger partial charge in [-0.3, -0.25) is 4.79 Å². The largest absolute Gasteiger partial charge is 0.352 e. The Labute approximate surface area is 131 Å². The Kier molecular flexibility index (Phi) is 5.11. The molecule has 1 aromatic carbocycles. The number of aryl methyl sites for hydroxylation is 1. The van der Waals surface area contributed by atoms with Crippen molar-refractivity contribution in [2.75, 3.05) is 5.32 Å². The molecule has 0 saturated carbocycles. The number of anilines is 1. The fourth-order valence-corrected chi connectivity index (χ4v) is 2.78. The van der Waals surface area contributed by atoms with E-state index in [0.29, 0.717) is 0 Å². The number of nitrogens with one attached hydrogen (secondary N) is 2. The van der Waals surface area contributed by atoms with Gasteiger partial charge in [0.2, 0.25) is 5.91 Å². The second kappa shape index (κ2) is 7.04. The molecule has 1 unspecified atom stereocenters. The maximum Gasteiger partial charge on any atom is 0.312 e. The summed E-state index contributed by atoms with van der Waals surface area (Å²) in [5.74, 6) is -0.911. The first-order chi connectivity index (χ1) is 10.5. The van der Waals surface area contributed by atoms with Crippen LogP contribution in [-0.2, 0) is 4.79 Å². The number of amides is 3. The summed E-state index contributed by atoms with van der Waals surface area (Å²) in [6.07, 6.45) is -0.0309. The molecule has 3 amide bonds. The third-order valence-corrected chi connectivity index (χ3v) is 3.97. The van der Waals surface area contributed by atoms with Gasteiger partial charge in [0.1, 0.15) is 5.82 Å². The molecule has 0 fully saturated rings. The van der Waals surface area contributed by atoms with E-state index < -0.39 is 23.8 Å². The van der Waals surface area contributed by atoms with Crippen LogP contribution in [0.3, 0.4) is 0 Å². The lowest BCUT2D eigenvalue weighted by Crippen LogP contribution is -2.34. The van der Waals surface area contributed by atoms with Gasteiger partial charge < -0.3 is 16.4 Å². The van der Waals surface area contributed by atoms with Crippen LogP contribution in [-0.4, -0.2) is 11.9 Å². The SMILES string of the molecule is Cc1ccc(F)c(NC(=O)CC(NC(N)=O)c2cccs2)c1. The highest BCUT2D eigenvalue weighted by atomic mass is 32.1. The number of benzene rings is 1. The summed E-state index contributed by atoms with van der Waals surface area (Å²) >= 11 is 1.40. The van der Waals surface area contributed by atoms with Gasteiger partial charge in [-0.2, -0.15) is 0 Å². The minimum atomic E-state index is -0.715. The van der Waals surface area contributed by atoms with E-state index in [2.05, 4.69) is 10.6 Å². The third-order valence-electron chi connectivity index (χ3n) is 2.99. The van der Waals surface area contributed by atoms with Gasteiger partial charge in [-0.25, -0.2) is 9.18 Å². The standard InChI is InChI=1S/C15H16FN3O2S/c1-9-4-5-10(16)11(7-9)18-14(20)8-12(19-15(17)21)13-3-2-6-22-13/h2-7,12H,8H2,1H3,(H,18,20)(H3,17,19,21). The van der Waals surface area contributed by atoms with E-state index >= 15 is 0 Å². The highest BCUT2D eigenvalue weighted by Gasteiger charge is 2.19. The van der Waals surface area contributed by atoms with Gasteiger partial charge in [0.15, 0.2) is 0 Å². The van der Waals surface area contributed by atoms with Crippen molar-refractivity contribution in [1.82, 2.24) is 5.32 Å². The number of hydrogen-bond donors (Lipinski definition) is 3. The van der Waals surface area contributed by atoms with Crippen molar-refractivity contribution < 1.29 is 14.0 Å². The molecule has 2 aromatic rings. The molecule has 7 heteroatoms. The molecule has 1 aromatic heterocycles. The number of primary amides is 1. The van der Waals surface area contributed by atoms with E-state index in [-0.39, 0.29) is 12.1 Å². The van der Waals surface area contributed by atoms with Crippen LogP contribution in [0.15, 0.2) is 35.7 Å². The monoisotopic (exact) mass is 321 g/mol. The summed E-state index contributed by atoms with van der Waals surface area (Å²) in [6.45, 7) is 1.80. The first-order valence-corrected chi connectivity index (χ1v) is 7.49. The van der Waals surface area contributed by atoms with Crippen molar-refractivity contribution in [3.8, 4) is 0 Å². The molecule has 0 bridgehead atoms. The van der Waals surface area contributed by atoms with Crippen molar-refractivity contribution in [2.24, 2.45) is 5.73 Å². The average Bonchev–Trinajstić information content (AvgIpc) is 2.95. The normalized spacial score (nSPS) is 11.7. The Morgan fingerprint density at radius 2 is 2.14 bits per heavy atom. The fraction of sp³-hybridized carbons (Fsp3) is 0.200. The van der Waals surface area contributed by atoms with Gasteiger partial charge in [0, 0.05) is 4.88 Å². The molecule has 0 aliphatic carbocycles. The molecule has 0 aliphatic rings. The summed E-state index contributed by atoms with van der Waals surface area (Å²) in [6, 6.07) is 6.82. The number of rotatable bonds is 5. The van der Waals surface area contributed by atoms with Gasteiger partial charge in [0.05, 0.1) is 18.2 Å². The van der Waals surface area contributed by atoms with E-state index in [9.17, 15) is 14.0 Å². The van der Waals surface area contributed by atoms with Gasteiger partial charge in [-0.15, -0.1) is 11.3 Å². The van der Waals surface area contributed by atoms with Crippen molar-refractivity contribution >= 4 is 29.0 Å². The molecule has 116 valence electrons. The molecular formula is C15H16FN3O2S. The topological polar surface area (TPSA) is 84.2 Å². The van der Waals surface area contributed by atoms with Crippen molar-refractivity contribution in [3.63, 3.8) is 0 Å². The zero-order valence-electron chi connectivity index (χ0n) is 11.9. The van der Waals surface area contributed by atoms with Crippen LogP contribution < -0.4 is 16.4 Å². The summed E-state index contributed by atoms with van der Waals surface area (Å²) in [4.78, 5) is 24.0. The zero-order valence-corrected chi connectivity index (χ0v) is 12.7. The quantitative estimate of drug-likeness (QED) is 0.791. The minimum absolute atomic E-state index is 0.0309. The molecule has 5 nitrogen and oxygen atoms in total. The fourth-order valence-electron chi connectivity index (χ4n) is 2.01. The van der Waals surface area contributed by atoms with E-state index in [1.165, 1.54) is 17.4 Å². The van der Waals surface area contributed by atoms with E-state index in [1.807, 2.05) is 11.4 Å².